The highest BCUT2D eigenvalue weighted by atomic mass is 32.2. The normalized spacial score (nSPS) is 9.62. The van der Waals surface area contributed by atoms with Gasteiger partial charge < -0.3 is 0 Å². The second-order valence-corrected chi connectivity index (χ2v) is 3.66. The molecule has 0 N–H and O–H groups in total. The molecule has 0 aliphatic heterocycles. The lowest BCUT2D eigenvalue weighted by atomic mass is 10.2. The van der Waals surface area contributed by atoms with E-state index in [1.807, 2.05) is 18.2 Å². The summed E-state index contributed by atoms with van der Waals surface area (Å²) in [6.45, 7) is 1.54. The number of hydrogen-bond acceptors (Lipinski definition) is 3. The average Bonchev–Trinajstić information content (AvgIpc) is 2.15. The van der Waals surface area contributed by atoms with Crippen molar-refractivity contribution in [2.24, 2.45) is 0 Å². The molecule has 0 aliphatic rings. The molecular formula is C10H10O2S. The summed E-state index contributed by atoms with van der Waals surface area (Å²) in [5, 5.41) is 0. The molecule has 0 aromatic heterocycles. The fourth-order valence-electron chi connectivity index (χ4n) is 0.889. The minimum atomic E-state index is 0.116. The van der Waals surface area contributed by atoms with Crippen LogP contribution in [0.25, 0.3) is 0 Å². The molecule has 0 aliphatic carbocycles. The van der Waals surface area contributed by atoms with Crippen LogP contribution in [0.3, 0.4) is 0 Å². The van der Waals surface area contributed by atoms with E-state index >= 15 is 0 Å². The van der Waals surface area contributed by atoms with Gasteiger partial charge in [0, 0.05) is 10.5 Å². The van der Waals surface area contributed by atoms with Gasteiger partial charge in [-0.05, 0) is 13.0 Å². The van der Waals surface area contributed by atoms with E-state index in [-0.39, 0.29) is 5.78 Å². The highest BCUT2D eigenvalue weighted by Crippen LogP contribution is 2.20. The van der Waals surface area contributed by atoms with Crippen molar-refractivity contribution in [2.75, 3.05) is 5.75 Å². The fourth-order valence-corrected chi connectivity index (χ4v) is 1.71. The molecule has 0 atom stereocenters. The number of carbonyl (C=O) groups is 2. The predicted molar refractivity (Wildman–Crippen MR) is 53.2 cm³/mol. The number of rotatable bonds is 4. The van der Waals surface area contributed by atoms with Crippen molar-refractivity contribution >= 4 is 23.8 Å². The summed E-state index contributed by atoms with van der Waals surface area (Å²) in [5.74, 6) is 0.538. The van der Waals surface area contributed by atoms with Crippen molar-refractivity contribution in [3.63, 3.8) is 0 Å². The zero-order valence-electron chi connectivity index (χ0n) is 7.32. The van der Waals surface area contributed by atoms with Crippen LogP contribution in [0.1, 0.15) is 17.3 Å². The number of benzene rings is 1. The summed E-state index contributed by atoms with van der Waals surface area (Å²) >= 11 is 1.40. The molecule has 68 valence electrons. The van der Waals surface area contributed by atoms with Crippen LogP contribution >= 0.6 is 11.8 Å². The van der Waals surface area contributed by atoms with Crippen LogP contribution < -0.4 is 0 Å². The summed E-state index contributed by atoms with van der Waals surface area (Å²) in [5.41, 5.74) is 0.647. The molecule has 3 heteroatoms. The molecule has 1 aromatic rings. The number of hydrogen-bond donors (Lipinski definition) is 0. The molecule has 1 rings (SSSR count). The maximum Gasteiger partial charge on any atom is 0.151 e. The molecule has 2 nitrogen and oxygen atoms in total. The Bertz CT molecular complexity index is 320. The van der Waals surface area contributed by atoms with Gasteiger partial charge in [0.15, 0.2) is 6.29 Å². The molecule has 0 radical (unpaired) electrons. The molecule has 0 saturated carbocycles. The maximum absolute atomic E-state index is 10.7. The van der Waals surface area contributed by atoms with Crippen LogP contribution in [0.2, 0.25) is 0 Å². The Morgan fingerprint density at radius 2 is 2.15 bits per heavy atom. The van der Waals surface area contributed by atoms with E-state index in [0.29, 0.717) is 11.3 Å². The lowest BCUT2D eigenvalue weighted by Gasteiger charge is -2.01. The quantitative estimate of drug-likeness (QED) is 0.544. The lowest BCUT2D eigenvalue weighted by molar-refractivity contribution is -0.114. The first-order valence-electron chi connectivity index (χ1n) is 3.90. The highest BCUT2D eigenvalue weighted by Gasteiger charge is 2.01. The Hall–Kier alpha value is -1.09. The van der Waals surface area contributed by atoms with Crippen molar-refractivity contribution in [1.29, 1.82) is 0 Å². The third kappa shape index (κ3) is 3.03. The number of carbonyl (C=O) groups excluding carboxylic acids is 2. The number of Topliss-reactive ketones (excluding diaryl/α,β-unsaturated/α-hetero) is 1. The Morgan fingerprint density at radius 3 is 2.77 bits per heavy atom. The largest absolute Gasteiger partial charge is 0.299 e. The fraction of sp³-hybridized carbons (Fsp3) is 0.200. The van der Waals surface area contributed by atoms with Crippen molar-refractivity contribution < 1.29 is 9.59 Å². The van der Waals surface area contributed by atoms with E-state index in [0.717, 1.165) is 11.2 Å². The topological polar surface area (TPSA) is 34.1 Å². The van der Waals surface area contributed by atoms with Crippen molar-refractivity contribution in [1.82, 2.24) is 0 Å². The van der Waals surface area contributed by atoms with Crippen LogP contribution in [-0.2, 0) is 4.79 Å². The second-order valence-electron chi connectivity index (χ2n) is 2.65. The van der Waals surface area contributed by atoms with E-state index in [4.69, 9.17) is 0 Å². The summed E-state index contributed by atoms with van der Waals surface area (Å²) in [6, 6.07) is 7.25. The van der Waals surface area contributed by atoms with Crippen molar-refractivity contribution in [2.45, 2.75) is 11.8 Å². The van der Waals surface area contributed by atoms with Crippen LogP contribution in [0, 0.1) is 0 Å². The van der Waals surface area contributed by atoms with Gasteiger partial charge in [0.2, 0.25) is 0 Å². The van der Waals surface area contributed by atoms with Gasteiger partial charge in [0.05, 0.1) is 5.75 Å². The zero-order chi connectivity index (χ0) is 9.68. The molecule has 0 spiro atoms. The van der Waals surface area contributed by atoms with Gasteiger partial charge in [-0.3, -0.25) is 9.59 Å². The van der Waals surface area contributed by atoms with Crippen LogP contribution in [0.4, 0.5) is 0 Å². The lowest BCUT2D eigenvalue weighted by Crippen LogP contribution is -1.94. The SMILES string of the molecule is CC(=O)CSc1ccccc1C=O. The first-order chi connectivity index (χ1) is 6.24. The van der Waals surface area contributed by atoms with Crippen LogP contribution in [0.15, 0.2) is 29.2 Å². The molecule has 0 heterocycles. The van der Waals surface area contributed by atoms with Crippen molar-refractivity contribution in [3.8, 4) is 0 Å². The first kappa shape index (κ1) is 9.99. The van der Waals surface area contributed by atoms with Crippen molar-refractivity contribution in [3.05, 3.63) is 29.8 Å². The Labute approximate surface area is 81.3 Å². The second kappa shape index (κ2) is 4.82. The molecule has 0 fully saturated rings. The van der Waals surface area contributed by atoms with Gasteiger partial charge in [-0.1, -0.05) is 18.2 Å². The van der Waals surface area contributed by atoms with E-state index in [9.17, 15) is 9.59 Å². The molecule has 0 bridgehead atoms. The molecule has 0 amide bonds. The number of ketones is 1. The monoisotopic (exact) mass is 194 g/mol. The van der Waals surface area contributed by atoms with Gasteiger partial charge in [-0.25, -0.2) is 0 Å². The van der Waals surface area contributed by atoms with E-state index in [1.54, 1.807) is 6.07 Å². The zero-order valence-corrected chi connectivity index (χ0v) is 8.14. The Balaban J connectivity index is 2.75. The Morgan fingerprint density at radius 1 is 1.46 bits per heavy atom. The highest BCUT2D eigenvalue weighted by molar-refractivity contribution is 8.00. The van der Waals surface area contributed by atoms with Gasteiger partial charge in [-0.15, -0.1) is 11.8 Å². The van der Waals surface area contributed by atoms with Gasteiger partial charge in [0.1, 0.15) is 5.78 Å². The summed E-state index contributed by atoms with van der Waals surface area (Å²) in [7, 11) is 0. The van der Waals surface area contributed by atoms with E-state index < -0.39 is 0 Å². The first-order valence-corrected chi connectivity index (χ1v) is 4.89. The summed E-state index contributed by atoms with van der Waals surface area (Å²) in [6.07, 6.45) is 0.808. The Kier molecular flexibility index (Phi) is 3.71. The van der Waals surface area contributed by atoms with Gasteiger partial charge in [-0.2, -0.15) is 0 Å². The predicted octanol–water partition coefficient (Wildman–Crippen LogP) is 2.18. The van der Waals surface area contributed by atoms with Crippen LogP contribution in [0.5, 0.6) is 0 Å². The third-order valence-electron chi connectivity index (χ3n) is 1.48. The summed E-state index contributed by atoms with van der Waals surface area (Å²) < 4.78 is 0. The molecule has 1 aromatic carbocycles. The molecule has 13 heavy (non-hydrogen) atoms. The smallest absolute Gasteiger partial charge is 0.151 e. The van der Waals surface area contributed by atoms with Gasteiger partial charge >= 0.3 is 0 Å². The molecular weight excluding hydrogens is 184 g/mol. The van der Waals surface area contributed by atoms with E-state index in [1.165, 1.54) is 18.7 Å². The van der Waals surface area contributed by atoms with Crippen LogP contribution in [-0.4, -0.2) is 17.8 Å². The molecule has 0 unspecified atom stereocenters. The number of aldehydes is 1. The average molecular weight is 194 g/mol. The summed E-state index contributed by atoms with van der Waals surface area (Å²) in [4.78, 5) is 22.1. The standard InChI is InChI=1S/C10H10O2S/c1-8(12)7-13-10-5-3-2-4-9(10)6-11/h2-6H,7H2,1H3. The maximum atomic E-state index is 10.7. The minimum absolute atomic E-state index is 0.116. The van der Waals surface area contributed by atoms with Gasteiger partial charge in [0.25, 0.3) is 0 Å². The number of thioether (sulfide) groups is 1. The third-order valence-corrected chi connectivity index (χ3v) is 2.71. The molecule has 0 saturated heterocycles. The minimum Gasteiger partial charge on any atom is -0.299 e. The van der Waals surface area contributed by atoms with E-state index in [2.05, 4.69) is 0 Å².